The van der Waals surface area contributed by atoms with E-state index in [-0.39, 0.29) is 35.8 Å². The summed E-state index contributed by atoms with van der Waals surface area (Å²) in [6, 6.07) is 7.05. The maximum absolute atomic E-state index is 14.8. The van der Waals surface area contributed by atoms with Crippen molar-refractivity contribution in [3.63, 3.8) is 0 Å². The molecule has 2 aromatic carbocycles. The highest BCUT2D eigenvalue weighted by atomic mass is 19.4. The largest absolute Gasteiger partial charge is 0.573 e. The highest BCUT2D eigenvalue weighted by Gasteiger charge is 2.31. The van der Waals surface area contributed by atoms with Gasteiger partial charge in [0.15, 0.2) is 0 Å². The molecule has 43 heavy (non-hydrogen) atoms. The van der Waals surface area contributed by atoms with E-state index < -0.39 is 41.7 Å². The van der Waals surface area contributed by atoms with Crippen LogP contribution in [0.5, 0.6) is 5.75 Å². The van der Waals surface area contributed by atoms with E-state index in [2.05, 4.69) is 20.7 Å². The van der Waals surface area contributed by atoms with Crippen LogP contribution in [0, 0.1) is 11.7 Å². The van der Waals surface area contributed by atoms with Crippen LogP contribution in [0.15, 0.2) is 42.5 Å². The van der Waals surface area contributed by atoms with Gasteiger partial charge in [0.1, 0.15) is 11.6 Å². The van der Waals surface area contributed by atoms with E-state index in [9.17, 15) is 36.7 Å². The lowest BCUT2D eigenvalue weighted by Gasteiger charge is -2.32. The number of ether oxygens (including phenoxy) is 1. The first kappa shape index (κ1) is 33.1. The molecule has 0 spiro atoms. The zero-order chi connectivity index (χ0) is 31.4. The standard InChI is InChI=1S/C28H33F4N5O6/c29-22-16-18(8-13-23(22)35-27(41)34-20-9-11-21(12-10-20)43-28(30,31)32)26(40)37-15-5-6-19(17-37)25(39)33-14-4-2-1-3-7-24(38)36-42/h8-13,16,19,42H,1-7,14-15,17H2,(H,33,39)(H,36,38)(H2,34,35,41). The summed E-state index contributed by atoms with van der Waals surface area (Å²) < 4.78 is 55.4. The van der Waals surface area contributed by atoms with Crippen LogP contribution in [0.2, 0.25) is 0 Å². The fourth-order valence-electron chi connectivity index (χ4n) is 4.51. The number of piperidine rings is 1. The highest BCUT2D eigenvalue weighted by Crippen LogP contribution is 2.25. The molecule has 1 aliphatic heterocycles. The van der Waals surface area contributed by atoms with Gasteiger partial charge in [0.2, 0.25) is 11.8 Å². The summed E-state index contributed by atoms with van der Waals surface area (Å²) in [5, 5.41) is 16.0. The minimum absolute atomic E-state index is 0.0413. The molecule has 0 radical (unpaired) electrons. The van der Waals surface area contributed by atoms with Gasteiger partial charge in [-0.3, -0.25) is 19.6 Å². The van der Waals surface area contributed by atoms with E-state index in [1.807, 2.05) is 0 Å². The number of likely N-dealkylation sites (tertiary alicyclic amines) is 1. The normalized spacial score (nSPS) is 14.9. The second-order valence-corrected chi connectivity index (χ2v) is 9.93. The Morgan fingerprint density at radius 2 is 1.70 bits per heavy atom. The van der Waals surface area contributed by atoms with Crippen molar-refractivity contribution in [2.75, 3.05) is 30.3 Å². The third-order valence-corrected chi connectivity index (χ3v) is 6.64. The smallest absolute Gasteiger partial charge is 0.406 e. The van der Waals surface area contributed by atoms with Gasteiger partial charge in [-0.15, -0.1) is 13.2 Å². The first-order chi connectivity index (χ1) is 20.4. The van der Waals surface area contributed by atoms with Crippen LogP contribution in [0.3, 0.4) is 0 Å². The lowest BCUT2D eigenvalue weighted by molar-refractivity contribution is -0.274. The Kier molecular flexibility index (Phi) is 12.1. The molecule has 5 N–H and O–H groups in total. The van der Waals surface area contributed by atoms with E-state index in [4.69, 9.17) is 5.21 Å². The number of amides is 5. The second kappa shape index (κ2) is 15.7. The lowest BCUT2D eigenvalue weighted by Crippen LogP contribution is -2.45. The van der Waals surface area contributed by atoms with Crippen molar-refractivity contribution >= 4 is 35.1 Å². The van der Waals surface area contributed by atoms with Crippen molar-refractivity contribution in [1.29, 1.82) is 0 Å². The zero-order valence-electron chi connectivity index (χ0n) is 23.1. The molecule has 5 amide bonds. The molecule has 0 bridgehead atoms. The Balaban J connectivity index is 1.45. The van der Waals surface area contributed by atoms with Crippen molar-refractivity contribution in [1.82, 2.24) is 15.7 Å². The Bertz CT molecular complexity index is 1280. The number of nitrogens with one attached hydrogen (secondary N) is 4. The quantitative estimate of drug-likeness (QED) is 0.101. The average Bonchev–Trinajstić information content (AvgIpc) is 2.97. The van der Waals surface area contributed by atoms with Gasteiger partial charge in [0.25, 0.3) is 5.91 Å². The predicted octanol–water partition coefficient (Wildman–Crippen LogP) is 4.79. The monoisotopic (exact) mass is 611 g/mol. The minimum atomic E-state index is -4.85. The Morgan fingerprint density at radius 3 is 2.37 bits per heavy atom. The lowest BCUT2D eigenvalue weighted by atomic mass is 9.96. The van der Waals surface area contributed by atoms with E-state index in [1.54, 1.807) is 5.48 Å². The summed E-state index contributed by atoms with van der Waals surface area (Å²) in [6.07, 6.45) is -0.470. The number of rotatable bonds is 12. The summed E-state index contributed by atoms with van der Waals surface area (Å²) in [7, 11) is 0. The number of alkyl halides is 3. The Labute approximate surface area is 244 Å². The third kappa shape index (κ3) is 11.1. The number of unbranched alkanes of at least 4 members (excludes halogenated alkanes) is 3. The van der Waals surface area contributed by atoms with E-state index in [1.165, 1.54) is 29.2 Å². The zero-order valence-corrected chi connectivity index (χ0v) is 23.1. The number of halogens is 4. The number of anilines is 2. The number of carbonyl (C=O) groups excluding carboxylic acids is 4. The van der Waals surface area contributed by atoms with Gasteiger partial charge in [0.05, 0.1) is 11.6 Å². The van der Waals surface area contributed by atoms with Gasteiger partial charge in [-0.25, -0.2) is 14.7 Å². The molecule has 11 nitrogen and oxygen atoms in total. The highest BCUT2D eigenvalue weighted by molar-refractivity contribution is 6.00. The number of hydrogen-bond acceptors (Lipinski definition) is 6. The SMILES string of the molecule is O=C(CCCCCCNC(=O)C1CCCN(C(=O)c2ccc(NC(=O)Nc3ccc(OC(F)(F)F)cc3)c(F)c2)C1)NO. The maximum Gasteiger partial charge on any atom is 0.573 e. The fourth-order valence-corrected chi connectivity index (χ4v) is 4.51. The number of hydroxylamine groups is 1. The molecular weight excluding hydrogens is 578 g/mol. The van der Waals surface area contributed by atoms with E-state index in [0.29, 0.717) is 32.4 Å². The van der Waals surface area contributed by atoms with Crippen molar-refractivity contribution in [3.8, 4) is 5.75 Å². The van der Waals surface area contributed by atoms with Crippen LogP contribution < -0.4 is 26.2 Å². The van der Waals surface area contributed by atoms with Gasteiger partial charge in [-0.2, -0.15) is 0 Å². The van der Waals surface area contributed by atoms with Gasteiger partial charge >= 0.3 is 12.4 Å². The first-order valence-electron chi connectivity index (χ1n) is 13.7. The number of urea groups is 1. The summed E-state index contributed by atoms with van der Waals surface area (Å²) in [5.74, 6) is -2.82. The topological polar surface area (TPSA) is 149 Å². The van der Waals surface area contributed by atoms with E-state index >= 15 is 0 Å². The van der Waals surface area contributed by atoms with Crippen molar-refractivity contribution in [2.24, 2.45) is 5.92 Å². The summed E-state index contributed by atoms with van der Waals surface area (Å²) in [6.45, 7) is 1.04. The molecular formula is C28H33F4N5O6. The molecule has 1 atom stereocenters. The fraction of sp³-hybridized carbons (Fsp3) is 0.429. The number of hydrogen-bond donors (Lipinski definition) is 5. The van der Waals surface area contributed by atoms with Gasteiger partial charge in [-0.05, 0) is 68.1 Å². The molecule has 1 aliphatic rings. The van der Waals surface area contributed by atoms with Crippen LogP contribution >= 0.6 is 0 Å². The molecule has 1 unspecified atom stereocenters. The maximum atomic E-state index is 14.8. The van der Waals surface area contributed by atoms with Crippen molar-refractivity contribution in [2.45, 2.75) is 51.3 Å². The van der Waals surface area contributed by atoms with Gasteiger partial charge in [0, 0.05) is 37.3 Å². The summed E-state index contributed by atoms with van der Waals surface area (Å²) >= 11 is 0. The predicted molar refractivity (Wildman–Crippen MR) is 147 cm³/mol. The molecule has 1 saturated heterocycles. The van der Waals surface area contributed by atoms with Crippen LogP contribution in [0.25, 0.3) is 0 Å². The van der Waals surface area contributed by atoms with Crippen LogP contribution in [-0.4, -0.2) is 59.9 Å². The molecule has 0 aromatic heterocycles. The number of nitrogens with zero attached hydrogens (tertiary/aromatic N) is 1. The Morgan fingerprint density at radius 1 is 0.977 bits per heavy atom. The molecule has 1 fully saturated rings. The molecule has 234 valence electrons. The molecule has 2 aromatic rings. The van der Waals surface area contributed by atoms with Gasteiger partial charge in [-0.1, -0.05) is 12.8 Å². The minimum Gasteiger partial charge on any atom is -0.406 e. The first-order valence-corrected chi connectivity index (χ1v) is 13.7. The Hall–Kier alpha value is -4.40. The summed E-state index contributed by atoms with van der Waals surface area (Å²) in [4.78, 5) is 50.4. The van der Waals surface area contributed by atoms with Crippen molar-refractivity contribution in [3.05, 3.63) is 53.8 Å². The van der Waals surface area contributed by atoms with E-state index in [0.717, 1.165) is 37.5 Å². The molecule has 1 heterocycles. The van der Waals surface area contributed by atoms with Gasteiger partial charge < -0.3 is 25.6 Å². The average molecular weight is 612 g/mol. The number of benzene rings is 2. The molecule has 0 aliphatic carbocycles. The molecule has 0 saturated carbocycles. The summed E-state index contributed by atoms with van der Waals surface area (Å²) in [5.41, 5.74) is 1.53. The van der Waals surface area contributed by atoms with Crippen molar-refractivity contribution < 1.29 is 46.7 Å². The van der Waals surface area contributed by atoms with Crippen LogP contribution in [0.1, 0.15) is 55.3 Å². The van der Waals surface area contributed by atoms with Crippen LogP contribution in [-0.2, 0) is 9.59 Å². The molecule has 15 heteroatoms. The molecule has 3 rings (SSSR count). The van der Waals surface area contributed by atoms with Crippen LogP contribution in [0.4, 0.5) is 33.7 Å². The number of carbonyl (C=O) groups is 4. The third-order valence-electron chi connectivity index (χ3n) is 6.64. The second-order valence-electron chi connectivity index (χ2n) is 9.93.